The van der Waals surface area contributed by atoms with Crippen LogP contribution in [0.25, 0.3) is 0 Å². The SMILES string of the molecule is CC/C=C\C/C=C\C/C=C\C/C=C\CCCCC(=O)OCC(COC(=O)CCCCCCCCCCCCCCCCCCCCCCC)OC(=O)CCCCCCCCC/C=C\C/C=C\CCCCC. The lowest BCUT2D eigenvalue weighted by atomic mass is 10.0. The predicted octanol–water partition coefficient (Wildman–Crippen LogP) is 20.5. The van der Waals surface area contributed by atoms with Crippen molar-refractivity contribution in [2.45, 2.75) is 309 Å². The molecule has 0 N–H and O–H groups in total. The normalized spacial score (nSPS) is 12.5. The Morgan fingerprint density at radius 2 is 0.549 bits per heavy atom. The molecular weight excluding hydrogens is 877 g/mol. The largest absolute Gasteiger partial charge is 0.462 e. The van der Waals surface area contributed by atoms with E-state index in [1.165, 1.54) is 167 Å². The second-order valence-electron chi connectivity index (χ2n) is 20.2. The van der Waals surface area contributed by atoms with Gasteiger partial charge in [-0.3, -0.25) is 14.4 Å². The van der Waals surface area contributed by atoms with Crippen LogP contribution in [0.2, 0.25) is 0 Å². The highest BCUT2D eigenvalue weighted by Gasteiger charge is 2.19. The van der Waals surface area contributed by atoms with E-state index in [-0.39, 0.29) is 31.1 Å². The van der Waals surface area contributed by atoms with E-state index in [2.05, 4.69) is 93.7 Å². The summed E-state index contributed by atoms with van der Waals surface area (Å²) in [5.41, 5.74) is 0. The lowest BCUT2D eigenvalue weighted by Crippen LogP contribution is -2.30. The highest BCUT2D eigenvalue weighted by Crippen LogP contribution is 2.17. The summed E-state index contributed by atoms with van der Waals surface area (Å²) in [7, 11) is 0. The number of carbonyl (C=O) groups is 3. The lowest BCUT2D eigenvalue weighted by Gasteiger charge is -2.18. The summed E-state index contributed by atoms with van der Waals surface area (Å²) >= 11 is 0. The molecule has 6 nitrogen and oxygen atoms in total. The summed E-state index contributed by atoms with van der Waals surface area (Å²) in [6.45, 7) is 6.49. The van der Waals surface area contributed by atoms with Gasteiger partial charge >= 0.3 is 17.9 Å². The molecule has 0 aromatic rings. The number of hydrogen-bond donors (Lipinski definition) is 0. The molecule has 0 rings (SSSR count). The first-order valence-electron chi connectivity index (χ1n) is 30.4. The molecule has 410 valence electrons. The minimum Gasteiger partial charge on any atom is -0.462 e. The predicted molar refractivity (Wildman–Crippen MR) is 307 cm³/mol. The first-order valence-corrected chi connectivity index (χ1v) is 30.4. The third-order valence-electron chi connectivity index (χ3n) is 13.2. The van der Waals surface area contributed by atoms with E-state index < -0.39 is 6.10 Å². The van der Waals surface area contributed by atoms with Crippen LogP contribution < -0.4 is 0 Å². The molecule has 0 radical (unpaired) electrons. The van der Waals surface area contributed by atoms with Gasteiger partial charge in [-0.1, -0.05) is 267 Å². The molecule has 0 aliphatic heterocycles. The first-order chi connectivity index (χ1) is 35.0. The Hall–Kier alpha value is -3.15. The van der Waals surface area contributed by atoms with Gasteiger partial charge < -0.3 is 14.2 Å². The minimum absolute atomic E-state index is 0.0894. The fourth-order valence-electron chi connectivity index (χ4n) is 8.64. The van der Waals surface area contributed by atoms with E-state index in [4.69, 9.17) is 14.2 Å². The van der Waals surface area contributed by atoms with Crippen molar-refractivity contribution in [2.75, 3.05) is 13.2 Å². The number of carbonyl (C=O) groups excluding carboxylic acids is 3. The molecule has 6 heteroatoms. The maximum absolute atomic E-state index is 12.9. The van der Waals surface area contributed by atoms with E-state index >= 15 is 0 Å². The molecule has 1 atom stereocenters. The molecule has 0 aliphatic carbocycles. The van der Waals surface area contributed by atoms with Crippen molar-refractivity contribution >= 4 is 17.9 Å². The quantitative estimate of drug-likeness (QED) is 0.0261. The fourth-order valence-corrected chi connectivity index (χ4v) is 8.64. The molecule has 0 fully saturated rings. The monoisotopic (exact) mass is 991 g/mol. The number of allylic oxidation sites excluding steroid dienone is 12. The number of rotatable bonds is 55. The molecule has 0 amide bonds. The van der Waals surface area contributed by atoms with Gasteiger partial charge in [0.05, 0.1) is 0 Å². The van der Waals surface area contributed by atoms with Crippen molar-refractivity contribution in [2.24, 2.45) is 0 Å². The Balaban J connectivity index is 4.38. The van der Waals surface area contributed by atoms with Gasteiger partial charge in [-0.25, -0.2) is 0 Å². The molecule has 71 heavy (non-hydrogen) atoms. The van der Waals surface area contributed by atoms with Crippen LogP contribution in [-0.4, -0.2) is 37.2 Å². The Morgan fingerprint density at radius 3 is 0.915 bits per heavy atom. The number of unbranched alkanes of at least 4 members (excludes halogenated alkanes) is 32. The summed E-state index contributed by atoms with van der Waals surface area (Å²) < 4.78 is 16.9. The molecule has 0 spiro atoms. The van der Waals surface area contributed by atoms with Crippen molar-refractivity contribution in [1.29, 1.82) is 0 Å². The summed E-state index contributed by atoms with van der Waals surface area (Å²) in [6.07, 6.45) is 76.2. The molecule has 0 aromatic heterocycles. The zero-order valence-corrected chi connectivity index (χ0v) is 47.0. The first kappa shape index (κ1) is 67.8. The topological polar surface area (TPSA) is 78.9 Å². The van der Waals surface area contributed by atoms with E-state index in [0.29, 0.717) is 19.3 Å². The standard InChI is InChI=1S/C65H114O6/c1-4-7-10-13-16-19-22-25-28-30-31-32-33-35-37-40-43-46-49-52-55-58-64(67)70-61-62(60-69-63(66)57-54-51-48-45-42-39-36-27-24-21-18-15-12-9-6-3)71-65(68)59-56-53-50-47-44-41-38-34-29-26-23-20-17-14-11-8-5-2/h9,12,17-18,20-21,26-27,29,36,42,45,62H,4-8,10-11,13-16,19,22-25,28,30-35,37-41,43-44,46-61H2,1-3H3/b12-9-,20-17-,21-18-,29-26-,36-27-,45-42-. The van der Waals surface area contributed by atoms with E-state index in [1.54, 1.807) is 0 Å². The van der Waals surface area contributed by atoms with Crippen LogP contribution >= 0.6 is 0 Å². The average molecular weight is 992 g/mol. The van der Waals surface area contributed by atoms with Gasteiger partial charge in [0.1, 0.15) is 13.2 Å². The maximum atomic E-state index is 12.9. The molecule has 0 aromatic carbocycles. The van der Waals surface area contributed by atoms with Crippen LogP contribution in [-0.2, 0) is 28.6 Å². The molecule has 0 saturated carbocycles. The van der Waals surface area contributed by atoms with E-state index in [9.17, 15) is 14.4 Å². The van der Waals surface area contributed by atoms with Crippen molar-refractivity contribution in [3.63, 3.8) is 0 Å². The summed E-state index contributed by atoms with van der Waals surface area (Å²) in [4.78, 5) is 38.2. The third-order valence-corrected chi connectivity index (χ3v) is 13.2. The third kappa shape index (κ3) is 57.6. The van der Waals surface area contributed by atoms with E-state index in [1.807, 2.05) is 0 Å². The van der Waals surface area contributed by atoms with Crippen LogP contribution in [0.15, 0.2) is 72.9 Å². The smallest absolute Gasteiger partial charge is 0.306 e. The molecule has 0 bridgehead atoms. The molecule has 0 heterocycles. The van der Waals surface area contributed by atoms with Gasteiger partial charge in [0.25, 0.3) is 0 Å². The Labute approximate surface area is 440 Å². The fraction of sp³-hybridized carbons (Fsp3) is 0.769. The molecule has 0 saturated heterocycles. The van der Waals surface area contributed by atoms with Crippen molar-refractivity contribution in [1.82, 2.24) is 0 Å². The summed E-state index contributed by atoms with van der Waals surface area (Å²) in [5, 5.41) is 0. The Kier molecular flexibility index (Phi) is 56.8. The van der Waals surface area contributed by atoms with Crippen molar-refractivity contribution in [3.05, 3.63) is 72.9 Å². The van der Waals surface area contributed by atoms with Crippen LogP contribution in [0, 0.1) is 0 Å². The van der Waals surface area contributed by atoms with Crippen molar-refractivity contribution < 1.29 is 28.6 Å². The zero-order chi connectivity index (χ0) is 51.4. The average Bonchev–Trinajstić information content (AvgIpc) is 3.37. The summed E-state index contributed by atoms with van der Waals surface area (Å²) in [5.74, 6) is -0.928. The summed E-state index contributed by atoms with van der Waals surface area (Å²) in [6, 6.07) is 0. The van der Waals surface area contributed by atoms with Crippen LogP contribution in [0.4, 0.5) is 0 Å². The van der Waals surface area contributed by atoms with Gasteiger partial charge in [-0.2, -0.15) is 0 Å². The number of ether oxygens (including phenoxy) is 3. The molecular formula is C65H114O6. The zero-order valence-electron chi connectivity index (χ0n) is 47.0. The highest BCUT2D eigenvalue weighted by molar-refractivity contribution is 5.71. The van der Waals surface area contributed by atoms with Crippen LogP contribution in [0.5, 0.6) is 0 Å². The van der Waals surface area contributed by atoms with E-state index in [0.717, 1.165) is 96.3 Å². The Morgan fingerprint density at radius 1 is 0.296 bits per heavy atom. The maximum Gasteiger partial charge on any atom is 0.306 e. The van der Waals surface area contributed by atoms with Gasteiger partial charge in [-0.15, -0.1) is 0 Å². The van der Waals surface area contributed by atoms with Gasteiger partial charge in [0.15, 0.2) is 6.10 Å². The highest BCUT2D eigenvalue weighted by atomic mass is 16.6. The van der Waals surface area contributed by atoms with Crippen LogP contribution in [0.3, 0.4) is 0 Å². The lowest BCUT2D eigenvalue weighted by molar-refractivity contribution is -0.167. The van der Waals surface area contributed by atoms with Crippen molar-refractivity contribution in [3.8, 4) is 0 Å². The van der Waals surface area contributed by atoms with Gasteiger partial charge in [0.2, 0.25) is 0 Å². The van der Waals surface area contributed by atoms with Crippen LogP contribution in [0.1, 0.15) is 303 Å². The second-order valence-corrected chi connectivity index (χ2v) is 20.2. The molecule has 1 unspecified atom stereocenters. The molecule has 0 aliphatic rings. The number of esters is 3. The minimum atomic E-state index is -0.796. The van der Waals surface area contributed by atoms with Gasteiger partial charge in [0, 0.05) is 19.3 Å². The second kappa shape index (κ2) is 59.4. The number of hydrogen-bond acceptors (Lipinski definition) is 6. The Bertz CT molecular complexity index is 1320. The van der Waals surface area contributed by atoms with Gasteiger partial charge in [-0.05, 0) is 89.9 Å².